The molecule has 0 aliphatic heterocycles. The van der Waals surface area contributed by atoms with Gasteiger partial charge in [-0.05, 0) is 81.1 Å². The summed E-state index contributed by atoms with van der Waals surface area (Å²) in [5.74, 6) is 4.02. The summed E-state index contributed by atoms with van der Waals surface area (Å²) in [5.41, 5.74) is 4.22. The Hall–Kier alpha value is 0.948. The molecule has 0 saturated heterocycles. The second-order valence-electron chi connectivity index (χ2n) is 22.0. The van der Waals surface area contributed by atoms with Crippen molar-refractivity contribution >= 4 is 58.7 Å². The molecular formula is C42H80P2Si4. The lowest BCUT2D eigenvalue weighted by Gasteiger charge is -2.39. The second-order valence-corrected chi connectivity index (χ2v) is 48.4. The maximum Gasteiger partial charge on any atom is 0.0476 e. The summed E-state index contributed by atoms with van der Waals surface area (Å²) in [6.07, 6.45) is 24.6. The van der Waals surface area contributed by atoms with Gasteiger partial charge in [0.1, 0.15) is 0 Å². The predicted octanol–water partition coefficient (Wildman–Crippen LogP) is 13.9. The Balaban J connectivity index is 1.54. The molecule has 0 N–H and O–H groups in total. The summed E-state index contributed by atoms with van der Waals surface area (Å²) >= 11 is 0. The highest BCUT2D eigenvalue weighted by atomic mass is 31.1. The normalized spacial score (nSPS) is 33.4. The number of hydrogen-bond donors (Lipinski definition) is 0. The number of hydrogen-bond acceptors (Lipinski definition) is 0. The van der Waals surface area contributed by atoms with Crippen LogP contribution in [0.3, 0.4) is 0 Å². The molecule has 274 valence electrons. The van der Waals surface area contributed by atoms with Gasteiger partial charge in [0.05, 0.1) is 0 Å². The van der Waals surface area contributed by atoms with E-state index in [0.29, 0.717) is 0 Å². The van der Waals surface area contributed by atoms with Crippen LogP contribution in [0, 0.1) is 23.7 Å². The van der Waals surface area contributed by atoms with Gasteiger partial charge < -0.3 is 0 Å². The van der Waals surface area contributed by atoms with Crippen LogP contribution in [0.2, 0.25) is 101 Å². The molecule has 0 radical (unpaired) electrons. The third-order valence-electron chi connectivity index (χ3n) is 14.5. The first kappa shape index (κ1) is 40.1. The van der Waals surface area contributed by atoms with Gasteiger partial charge in [-0.1, -0.05) is 196 Å². The third-order valence-corrected chi connectivity index (χ3v) is 32.4. The molecule has 5 rings (SSSR count). The molecule has 0 amide bonds. The Kier molecular flexibility index (Phi) is 13.5. The van der Waals surface area contributed by atoms with Crippen molar-refractivity contribution in [2.75, 3.05) is 24.6 Å². The van der Waals surface area contributed by atoms with Crippen molar-refractivity contribution in [3.05, 3.63) is 24.3 Å². The molecule has 0 nitrogen and oxygen atoms in total. The Labute approximate surface area is 307 Å². The first-order valence-electron chi connectivity index (χ1n) is 20.9. The van der Waals surface area contributed by atoms with E-state index in [0.717, 1.165) is 45.8 Å². The predicted molar refractivity (Wildman–Crippen MR) is 237 cm³/mol. The summed E-state index contributed by atoms with van der Waals surface area (Å²) < 4.78 is 0. The SMILES string of the molecule is C[Si](C)(C)C1CCC[C@@H]1CP(C[C@@H]1CCCC1[Si](C)(C)C)c1ccccc1P(C[C@H]1CCCC1[Si](C)(C)C)C[C@@H]1CCCC1[Si](C)(C)C. The van der Waals surface area contributed by atoms with Crippen molar-refractivity contribution in [2.45, 2.75) is 178 Å². The van der Waals surface area contributed by atoms with E-state index in [1.807, 2.05) is 10.6 Å². The standard InChI is InChI=1S/C42H80P2Si4/c1-45(2,3)39-25-15-19-33(39)29-43(30-34-20-16-26-40(34)46(4,5)6)37-23-13-14-24-38(37)44(31-35-21-17-27-41(35)47(7,8)9)32-36-22-18-28-42(36)48(10,11)12/h13-14,23-24,33-36,39-42H,15-22,25-32H2,1-12H3/t33-,34+,35-,36+,39?,40?,41?,42?,43?,44?. The van der Waals surface area contributed by atoms with Crippen LogP contribution in [0.5, 0.6) is 0 Å². The Morgan fingerprint density at radius 2 is 0.625 bits per heavy atom. The lowest BCUT2D eigenvalue weighted by Crippen LogP contribution is -2.37. The first-order valence-corrected chi connectivity index (χ1v) is 38.7. The lowest BCUT2D eigenvalue weighted by molar-refractivity contribution is 0.585. The van der Waals surface area contributed by atoms with Crippen LogP contribution in [-0.2, 0) is 0 Å². The van der Waals surface area contributed by atoms with Gasteiger partial charge in [-0.25, -0.2) is 0 Å². The molecule has 4 fully saturated rings. The Morgan fingerprint density at radius 3 is 0.833 bits per heavy atom. The molecule has 0 aromatic heterocycles. The lowest BCUT2D eigenvalue weighted by atomic mass is 10.1. The fourth-order valence-electron chi connectivity index (χ4n) is 12.3. The molecule has 4 saturated carbocycles. The molecule has 1 aromatic carbocycles. The van der Waals surface area contributed by atoms with E-state index in [1.165, 1.54) is 51.4 Å². The summed E-state index contributed by atoms with van der Waals surface area (Å²) in [6, 6.07) is 10.5. The van der Waals surface area contributed by atoms with Crippen LogP contribution in [-0.4, -0.2) is 56.9 Å². The first-order chi connectivity index (χ1) is 22.3. The highest BCUT2D eigenvalue weighted by molar-refractivity contribution is 7.72. The topological polar surface area (TPSA) is 0 Å². The van der Waals surface area contributed by atoms with Crippen molar-refractivity contribution in [3.63, 3.8) is 0 Å². The molecule has 48 heavy (non-hydrogen) atoms. The van der Waals surface area contributed by atoms with Gasteiger partial charge in [0.25, 0.3) is 0 Å². The van der Waals surface area contributed by atoms with Crippen molar-refractivity contribution in [1.29, 1.82) is 0 Å². The fraction of sp³-hybridized carbons (Fsp3) is 0.857. The maximum absolute atomic E-state index is 2.75. The van der Waals surface area contributed by atoms with E-state index in [1.54, 1.807) is 50.3 Å². The minimum absolute atomic E-state index is 0.104. The van der Waals surface area contributed by atoms with Crippen molar-refractivity contribution in [3.8, 4) is 0 Å². The van der Waals surface area contributed by atoms with Crippen molar-refractivity contribution < 1.29 is 0 Å². The van der Waals surface area contributed by atoms with Crippen LogP contribution in [0.25, 0.3) is 0 Å². The largest absolute Gasteiger partial charge is 0.0741 e. The highest BCUT2D eigenvalue weighted by Crippen LogP contribution is 2.58. The van der Waals surface area contributed by atoms with E-state index in [4.69, 9.17) is 0 Å². The molecule has 4 aliphatic carbocycles. The fourth-order valence-corrected chi connectivity index (χ4v) is 31.5. The average Bonchev–Trinajstić information content (AvgIpc) is 3.78. The van der Waals surface area contributed by atoms with E-state index in [9.17, 15) is 0 Å². The molecule has 10 atom stereocenters. The van der Waals surface area contributed by atoms with Gasteiger partial charge in [-0.2, -0.15) is 0 Å². The molecular weight excluding hydrogens is 679 g/mol. The molecule has 0 spiro atoms. The Bertz CT molecular complexity index is 1010. The van der Waals surface area contributed by atoms with Crippen LogP contribution >= 0.6 is 15.8 Å². The van der Waals surface area contributed by atoms with Crippen LogP contribution < -0.4 is 10.6 Å². The van der Waals surface area contributed by atoms with Gasteiger partial charge in [-0.15, -0.1) is 0 Å². The summed E-state index contributed by atoms with van der Waals surface area (Å²) in [4.78, 5) is 0. The van der Waals surface area contributed by atoms with E-state index in [-0.39, 0.29) is 15.8 Å². The summed E-state index contributed by atoms with van der Waals surface area (Å²) in [5, 5.41) is 3.90. The van der Waals surface area contributed by atoms with E-state index >= 15 is 0 Å². The van der Waals surface area contributed by atoms with E-state index in [2.05, 4.69) is 103 Å². The molecule has 0 heterocycles. The molecule has 6 unspecified atom stereocenters. The van der Waals surface area contributed by atoms with Gasteiger partial charge in [-0.3, -0.25) is 0 Å². The Morgan fingerprint density at radius 1 is 0.396 bits per heavy atom. The van der Waals surface area contributed by atoms with Crippen LogP contribution in [0.4, 0.5) is 0 Å². The molecule has 6 heteroatoms. The summed E-state index contributed by atoms with van der Waals surface area (Å²) in [6.45, 7) is 32.5. The van der Waals surface area contributed by atoms with Gasteiger partial charge in [0.2, 0.25) is 0 Å². The van der Waals surface area contributed by atoms with Crippen molar-refractivity contribution in [1.82, 2.24) is 0 Å². The number of rotatable bonds is 14. The zero-order valence-electron chi connectivity index (χ0n) is 34.1. The maximum atomic E-state index is 2.75. The highest BCUT2D eigenvalue weighted by Gasteiger charge is 2.44. The minimum atomic E-state index is -1.15. The zero-order valence-corrected chi connectivity index (χ0v) is 39.9. The zero-order chi connectivity index (χ0) is 35.1. The van der Waals surface area contributed by atoms with E-state index < -0.39 is 32.3 Å². The van der Waals surface area contributed by atoms with Gasteiger partial charge >= 0.3 is 0 Å². The van der Waals surface area contributed by atoms with Crippen LogP contribution in [0.15, 0.2) is 24.3 Å². The average molecular weight is 759 g/mol. The second kappa shape index (κ2) is 16.1. The van der Waals surface area contributed by atoms with Gasteiger partial charge in [0, 0.05) is 32.3 Å². The molecule has 0 bridgehead atoms. The monoisotopic (exact) mass is 758 g/mol. The minimum Gasteiger partial charge on any atom is -0.0741 e. The number of benzene rings is 1. The summed E-state index contributed by atoms with van der Waals surface area (Å²) in [7, 11) is -4.81. The molecule has 1 aromatic rings. The smallest absolute Gasteiger partial charge is 0.0476 e. The molecule has 4 aliphatic rings. The van der Waals surface area contributed by atoms with Crippen molar-refractivity contribution in [2.24, 2.45) is 23.7 Å². The van der Waals surface area contributed by atoms with Gasteiger partial charge in [0.15, 0.2) is 0 Å². The van der Waals surface area contributed by atoms with Crippen LogP contribution in [0.1, 0.15) is 77.0 Å². The third kappa shape index (κ3) is 9.92. The quantitative estimate of drug-likeness (QED) is 0.131.